The fourth-order valence-corrected chi connectivity index (χ4v) is 4.07. The molecule has 1 saturated heterocycles. The Bertz CT molecular complexity index is 1200. The summed E-state index contributed by atoms with van der Waals surface area (Å²) in [5.74, 6) is 0.272. The summed E-state index contributed by atoms with van der Waals surface area (Å²) < 4.78 is 0. The molecule has 5 rings (SSSR count). The van der Waals surface area contributed by atoms with E-state index in [0.29, 0.717) is 0 Å². The van der Waals surface area contributed by atoms with Crippen molar-refractivity contribution in [3.8, 4) is 11.3 Å². The zero-order valence-corrected chi connectivity index (χ0v) is 15.2. The Morgan fingerprint density at radius 2 is 2.07 bits per heavy atom. The summed E-state index contributed by atoms with van der Waals surface area (Å²) in [4.78, 5) is 20.0. The van der Waals surface area contributed by atoms with E-state index in [1.807, 2.05) is 25.1 Å². The molecule has 3 N–H and O–H groups in total. The molecular formula is C21H21N5O. The van der Waals surface area contributed by atoms with E-state index >= 15 is 0 Å². The summed E-state index contributed by atoms with van der Waals surface area (Å²) in [6.07, 6.45) is 3.96. The minimum absolute atomic E-state index is 0.0139. The molecule has 6 heteroatoms. The molecule has 0 spiro atoms. The molecule has 3 aromatic heterocycles. The third-order valence-corrected chi connectivity index (χ3v) is 5.46. The number of pyridine rings is 2. The Morgan fingerprint density at radius 1 is 1.15 bits per heavy atom. The van der Waals surface area contributed by atoms with Crippen LogP contribution in [0.25, 0.3) is 33.1 Å². The molecule has 136 valence electrons. The number of aromatic nitrogens is 4. The number of benzene rings is 1. The minimum Gasteiger partial charge on any atom is -0.322 e. The summed E-state index contributed by atoms with van der Waals surface area (Å²) in [6, 6.07) is 10.2. The number of aromatic amines is 2. The molecule has 1 aromatic carbocycles. The first-order valence-electron chi connectivity index (χ1n) is 9.38. The number of rotatable bonds is 2. The van der Waals surface area contributed by atoms with Crippen LogP contribution < -0.4 is 10.9 Å². The SMILES string of the molecule is Cc1cc(-c2n[nH]c3cc4[nH]c(=O)c(C5CCCNC5)cc4cc23)ccn1. The van der Waals surface area contributed by atoms with Gasteiger partial charge >= 0.3 is 0 Å². The molecule has 1 unspecified atom stereocenters. The van der Waals surface area contributed by atoms with Crippen LogP contribution in [0.4, 0.5) is 0 Å². The van der Waals surface area contributed by atoms with E-state index in [9.17, 15) is 4.79 Å². The summed E-state index contributed by atoms with van der Waals surface area (Å²) in [5, 5.41) is 13.1. The highest BCUT2D eigenvalue weighted by molar-refractivity contribution is 6.01. The van der Waals surface area contributed by atoms with Crippen LogP contribution >= 0.6 is 0 Å². The number of aryl methyl sites for hydroxylation is 1. The molecule has 4 heterocycles. The fourth-order valence-electron chi connectivity index (χ4n) is 4.07. The van der Waals surface area contributed by atoms with Crippen LogP contribution in [-0.2, 0) is 0 Å². The van der Waals surface area contributed by atoms with Crippen molar-refractivity contribution in [2.75, 3.05) is 13.1 Å². The van der Waals surface area contributed by atoms with Crippen LogP contribution in [0.15, 0.2) is 41.3 Å². The minimum atomic E-state index is 0.0139. The Morgan fingerprint density at radius 3 is 2.89 bits per heavy atom. The Hall–Kier alpha value is -2.99. The molecule has 1 aliphatic rings. The smallest absolute Gasteiger partial charge is 0.251 e. The van der Waals surface area contributed by atoms with E-state index in [1.165, 1.54) is 0 Å². The van der Waals surface area contributed by atoms with Gasteiger partial charge in [0.25, 0.3) is 5.56 Å². The van der Waals surface area contributed by atoms with E-state index in [1.54, 1.807) is 6.20 Å². The molecule has 4 aromatic rings. The zero-order chi connectivity index (χ0) is 18.4. The van der Waals surface area contributed by atoms with E-state index in [0.717, 1.165) is 70.3 Å². The molecule has 1 aliphatic heterocycles. The van der Waals surface area contributed by atoms with Crippen LogP contribution in [0.2, 0.25) is 0 Å². The second-order valence-electron chi connectivity index (χ2n) is 7.34. The maximum atomic E-state index is 12.6. The number of hydrogen-bond acceptors (Lipinski definition) is 4. The second kappa shape index (κ2) is 6.32. The first-order valence-corrected chi connectivity index (χ1v) is 9.38. The van der Waals surface area contributed by atoms with E-state index in [2.05, 4.69) is 37.6 Å². The standard InChI is InChI=1S/C21H21N5O/c1-12-7-13(4-6-23-12)20-17-9-15-8-16(14-3-2-5-22-11-14)21(27)24-18(15)10-19(17)25-26-20/h4,6-10,14,22H,2-3,5,11H2,1H3,(H,24,27)(H,25,26). The maximum absolute atomic E-state index is 12.6. The van der Waals surface area contributed by atoms with Crippen molar-refractivity contribution in [1.29, 1.82) is 0 Å². The monoisotopic (exact) mass is 359 g/mol. The topological polar surface area (TPSA) is 86.5 Å². The van der Waals surface area contributed by atoms with Gasteiger partial charge in [0.2, 0.25) is 0 Å². The third kappa shape index (κ3) is 2.82. The number of hydrogen-bond donors (Lipinski definition) is 3. The quantitative estimate of drug-likeness (QED) is 0.513. The predicted octanol–water partition coefficient (Wildman–Crippen LogP) is 3.24. The number of nitrogens with one attached hydrogen (secondary N) is 3. The highest BCUT2D eigenvalue weighted by Crippen LogP contribution is 2.30. The lowest BCUT2D eigenvalue weighted by Crippen LogP contribution is -2.31. The van der Waals surface area contributed by atoms with Crippen molar-refractivity contribution >= 4 is 21.8 Å². The molecule has 27 heavy (non-hydrogen) atoms. The first-order chi connectivity index (χ1) is 13.2. The molecule has 1 atom stereocenters. The van der Waals surface area contributed by atoms with Gasteiger partial charge in [0.05, 0.1) is 11.0 Å². The zero-order valence-electron chi connectivity index (χ0n) is 15.2. The van der Waals surface area contributed by atoms with Crippen molar-refractivity contribution in [3.05, 3.63) is 58.1 Å². The first kappa shape index (κ1) is 16.2. The van der Waals surface area contributed by atoms with Gasteiger partial charge in [-0.3, -0.25) is 14.9 Å². The van der Waals surface area contributed by atoms with Gasteiger partial charge in [0.15, 0.2) is 0 Å². The van der Waals surface area contributed by atoms with Crippen molar-refractivity contribution < 1.29 is 0 Å². The highest BCUT2D eigenvalue weighted by Gasteiger charge is 2.19. The van der Waals surface area contributed by atoms with Crippen molar-refractivity contribution in [2.24, 2.45) is 0 Å². The van der Waals surface area contributed by atoms with Crippen LogP contribution in [0.3, 0.4) is 0 Å². The summed E-state index contributed by atoms with van der Waals surface area (Å²) in [5.41, 5.74) is 5.54. The number of piperidine rings is 1. The van der Waals surface area contributed by atoms with E-state index < -0.39 is 0 Å². The Labute approximate surface area is 156 Å². The summed E-state index contributed by atoms with van der Waals surface area (Å²) in [7, 11) is 0. The average molecular weight is 359 g/mol. The molecule has 0 amide bonds. The highest BCUT2D eigenvalue weighted by atomic mass is 16.1. The van der Waals surface area contributed by atoms with Gasteiger partial charge in [0, 0.05) is 40.9 Å². The largest absolute Gasteiger partial charge is 0.322 e. The Kier molecular flexibility index (Phi) is 3.79. The molecule has 0 saturated carbocycles. The second-order valence-corrected chi connectivity index (χ2v) is 7.34. The van der Waals surface area contributed by atoms with Crippen LogP contribution in [-0.4, -0.2) is 33.3 Å². The Balaban J connectivity index is 1.68. The summed E-state index contributed by atoms with van der Waals surface area (Å²) >= 11 is 0. The van der Waals surface area contributed by atoms with Gasteiger partial charge in [-0.1, -0.05) is 0 Å². The van der Waals surface area contributed by atoms with Gasteiger partial charge in [-0.05, 0) is 62.0 Å². The lowest BCUT2D eigenvalue weighted by Gasteiger charge is -2.22. The molecule has 0 radical (unpaired) electrons. The van der Waals surface area contributed by atoms with Gasteiger partial charge in [-0.2, -0.15) is 5.10 Å². The lowest BCUT2D eigenvalue weighted by atomic mass is 9.91. The van der Waals surface area contributed by atoms with Gasteiger partial charge in [0.1, 0.15) is 5.69 Å². The molecule has 0 aliphatic carbocycles. The van der Waals surface area contributed by atoms with E-state index in [4.69, 9.17) is 0 Å². The fraction of sp³-hybridized carbons (Fsp3) is 0.286. The molecule has 1 fully saturated rings. The van der Waals surface area contributed by atoms with Gasteiger partial charge < -0.3 is 10.3 Å². The average Bonchev–Trinajstić information content (AvgIpc) is 3.09. The van der Waals surface area contributed by atoms with Crippen molar-refractivity contribution in [2.45, 2.75) is 25.7 Å². The normalized spacial score (nSPS) is 17.6. The lowest BCUT2D eigenvalue weighted by molar-refractivity contribution is 0.459. The third-order valence-electron chi connectivity index (χ3n) is 5.46. The predicted molar refractivity (Wildman–Crippen MR) is 107 cm³/mol. The van der Waals surface area contributed by atoms with Crippen molar-refractivity contribution in [3.63, 3.8) is 0 Å². The number of nitrogens with zero attached hydrogens (tertiary/aromatic N) is 2. The van der Waals surface area contributed by atoms with Crippen LogP contribution in [0, 0.1) is 6.92 Å². The van der Waals surface area contributed by atoms with E-state index in [-0.39, 0.29) is 11.5 Å². The number of fused-ring (bicyclic) bond motifs is 2. The van der Waals surface area contributed by atoms with Gasteiger partial charge in [-0.25, -0.2) is 0 Å². The van der Waals surface area contributed by atoms with Crippen LogP contribution in [0.1, 0.15) is 30.0 Å². The maximum Gasteiger partial charge on any atom is 0.251 e. The molecule has 6 nitrogen and oxygen atoms in total. The molecular weight excluding hydrogens is 338 g/mol. The van der Waals surface area contributed by atoms with Crippen LogP contribution in [0.5, 0.6) is 0 Å². The summed E-state index contributed by atoms with van der Waals surface area (Å²) in [6.45, 7) is 3.87. The van der Waals surface area contributed by atoms with Crippen molar-refractivity contribution in [1.82, 2.24) is 25.5 Å². The van der Waals surface area contributed by atoms with Gasteiger partial charge in [-0.15, -0.1) is 0 Å². The molecule has 0 bridgehead atoms. The number of H-pyrrole nitrogens is 2.